The topological polar surface area (TPSA) is 49.3 Å². The van der Waals surface area contributed by atoms with E-state index in [-0.39, 0.29) is 17.9 Å². The Labute approximate surface area is 127 Å². The number of carbonyl (C=O) groups excluding carboxylic acids is 1. The first kappa shape index (κ1) is 16.0. The van der Waals surface area contributed by atoms with Crippen molar-refractivity contribution in [2.24, 2.45) is 5.92 Å². The third kappa shape index (κ3) is 4.31. The number of benzene rings is 1. The maximum atomic E-state index is 12.0. The smallest absolute Gasteiger partial charge is 0.223 e. The van der Waals surface area contributed by atoms with Gasteiger partial charge < -0.3 is 10.4 Å². The van der Waals surface area contributed by atoms with Crippen LogP contribution in [0, 0.1) is 5.92 Å². The molecule has 2 rings (SSSR count). The Morgan fingerprint density at radius 3 is 2.57 bits per heavy atom. The molecule has 1 saturated carbocycles. The highest BCUT2D eigenvalue weighted by molar-refractivity contribution is 5.82. The van der Waals surface area contributed by atoms with Crippen molar-refractivity contribution in [1.82, 2.24) is 5.32 Å². The van der Waals surface area contributed by atoms with Crippen LogP contribution >= 0.6 is 0 Å². The lowest BCUT2D eigenvalue weighted by molar-refractivity contribution is -0.122. The minimum absolute atomic E-state index is 0.119. The molecule has 1 amide bonds. The lowest BCUT2D eigenvalue weighted by atomic mass is 10.00. The third-order valence-corrected chi connectivity index (χ3v) is 4.41. The number of rotatable bonds is 7. The fourth-order valence-electron chi connectivity index (χ4n) is 2.68. The zero-order valence-corrected chi connectivity index (χ0v) is 13.3. The molecule has 3 nitrogen and oxygen atoms in total. The minimum atomic E-state index is -0.302. The van der Waals surface area contributed by atoms with E-state index in [9.17, 15) is 9.90 Å². The van der Waals surface area contributed by atoms with Crippen molar-refractivity contribution in [3.8, 4) is 0 Å². The van der Waals surface area contributed by atoms with Gasteiger partial charge in [-0.25, -0.2) is 0 Å². The van der Waals surface area contributed by atoms with Gasteiger partial charge in [0, 0.05) is 12.5 Å². The van der Waals surface area contributed by atoms with Crippen molar-refractivity contribution in [3.05, 3.63) is 35.4 Å². The van der Waals surface area contributed by atoms with Crippen molar-refractivity contribution in [3.63, 3.8) is 0 Å². The van der Waals surface area contributed by atoms with Crippen LogP contribution < -0.4 is 5.32 Å². The molecule has 21 heavy (non-hydrogen) atoms. The predicted octanol–water partition coefficient (Wildman–Crippen LogP) is 3.19. The number of amides is 1. The second kappa shape index (κ2) is 7.08. The van der Waals surface area contributed by atoms with Gasteiger partial charge in [-0.15, -0.1) is 0 Å². The van der Waals surface area contributed by atoms with Gasteiger partial charge in [-0.1, -0.05) is 45.0 Å². The van der Waals surface area contributed by atoms with E-state index in [2.05, 4.69) is 43.4 Å². The number of carbonyl (C=O) groups is 1. The standard InChI is InChI=1S/C18H27NO2/c1-4-15(20)9-10-19-18(21)17-11-16(17)14-7-5-13(6-8-14)12(2)3/h5-8,12,15-17,20H,4,9-11H2,1-3H3,(H,19,21). The second-order valence-corrected chi connectivity index (χ2v) is 6.41. The molecule has 0 saturated heterocycles. The van der Waals surface area contributed by atoms with E-state index in [4.69, 9.17) is 0 Å². The van der Waals surface area contributed by atoms with Gasteiger partial charge in [-0.2, -0.15) is 0 Å². The van der Waals surface area contributed by atoms with Crippen LogP contribution in [0.1, 0.15) is 63.0 Å². The molecule has 0 aliphatic heterocycles. The second-order valence-electron chi connectivity index (χ2n) is 6.41. The molecule has 3 heteroatoms. The van der Waals surface area contributed by atoms with E-state index in [1.54, 1.807) is 0 Å². The van der Waals surface area contributed by atoms with Crippen LogP contribution in [-0.2, 0) is 4.79 Å². The Kier molecular flexibility index (Phi) is 5.40. The quantitative estimate of drug-likeness (QED) is 0.810. The summed E-state index contributed by atoms with van der Waals surface area (Å²) in [6.07, 6.45) is 2.03. The van der Waals surface area contributed by atoms with Crippen LogP contribution in [0.5, 0.6) is 0 Å². The first-order valence-electron chi connectivity index (χ1n) is 8.08. The molecule has 2 N–H and O–H groups in total. The summed E-state index contributed by atoms with van der Waals surface area (Å²) in [5.74, 6) is 1.18. The number of hydrogen-bond acceptors (Lipinski definition) is 2. The van der Waals surface area contributed by atoms with E-state index < -0.39 is 0 Å². The highest BCUT2D eigenvalue weighted by Gasteiger charge is 2.43. The summed E-state index contributed by atoms with van der Waals surface area (Å²) in [5, 5.41) is 12.4. The van der Waals surface area contributed by atoms with E-state index in [1.165, 1.54) is 11.1 Å². The molecular weight excluding hydrogens is 262 g/mol. The molecule has 1 aromatic carbocycles. The normalized spacial score (nSPS) is 22.1. The highest BCUT2D eigenvalue weighted by atomic mass is 16.3. The molecule has 3 unspecified atom stereocenters. The van der Waals surface area contributed by atoms with Crippen LogP contribution in [-0.4, -0.2) is 23.7 Å². The molecule has 0 heterocycles. The number of nitrogens with one attached hydrogen (secondary N) is 1. The molecule has 0 bridgehead atoms. The average molecular weight is 289 g/mol. The van der Waals surface area contributed by atoms with E-state index in [0.717, 1.165) is 12.8 Å². The maximum Gasteiger partial charge on any atom is 0.223 e. The Hall–Kier alpha value is -1.35. The van der Waals surface area contributed by atoms with Gasteiger partial charge in [0.15, 0.2) is 0 Å². The van der Waals surface area contributed by atoms with Crippen molar-refractivity contribution >= 4 is 5.91 Å². The predicted molar refractivity (Wildman–Crippen MR) is 85.3 cm³/mol. The van der Waals surface area contributed by atoms with Crippen molar-refractivity contribution in [2.75, 3.05) is 6.54 Å². The molecule has 1 fully saturated rings. The first-order valence-corrected chi connectivity index (χ1v) is 8.08. The number of aliphatic hydroxyl groups excluding tert-OH is 1. The summed E-state index contributed by atoms with van der Waals surface area (Å²) in [6, 6.07) is 8.66. The van der Waals surface area contributed by atoms with E-state index >= 15 is 0 Å². The van der Waals surface area contributed by atoms with Gasteiger partial charge in [0.05, 0.1) is 6.10 Å². The van der Waals surface area contributed by atoms with Crippen LogP contribution in [0.25, 0.3) is 0 Å². The Balaban J connectivity index is 1.79. The van der Waals surface area contributed by atoms with Crippen molar-refractivity contribution in [1.29, 1.82) is 0 Å². The molecule has 1 aromatic rings. The largest absolute Gasteiger partial charge is 0.393 e. The zero-order chi connectivity index (χ0) is 15.4. The molecule has 116 valence electrons. The molecule has 3 atom stereocenters. The fraction of sp³-hybridized carbons (Fsp3) is 0.611. The van der Waals surface area contributed by atoms with Gasteiger partial charge in [-0.05, 0) is 42.2 Å². The summed E-state index contributed by atoms with van der Waals surface area (Å²) in [6.45, 7) is 6.90. The molecule has 1 aliphatic carbocycles. The van der Waals surface area contributed by atoms with Gasteiger partial charge in [-0.3, -0.25) is 4.79 Å². The number of hydrogen-bond donors (Lipinski definition) is 2. The average Bonchev–Trinajstić information content (AvgIpc) is 3.27. The third-order valence-electron chi connectivity index (χ3n) is 4.41. The van der Waals surface area contributed by atoms with Gasteiger partial charge in [0.2, 0.25) is 5.91 Å². The summed E-state index contributed by atoms with van der Waals surface area (Å²) >= 11 is 0. The molecule has 0 aromatic heterocycles. The molecule has 0 spiro atoms. The fourth-order valence-corrected chi connectivity index (χ4v) is 2.68. The van der Waals surface area contributed by atoms with E-state index in [1.807, 2.05) is 6.92 Å². The van der Waals surface area contributed by atoms with Crippen LogP contribution in [0.3, 0.4) is 0 Å². The van der Waals surface area contributed by atoms with Crippen LogP contribution in [0.2, 0.25) is 0 Å². The highest BCUT2D eigenvalue weighted by Crippen LogP contribution is 2.47. The minimum Gasteiger partial charge on any atom is -0.393 e. The lowest BCUT2D eigenvalue weighted by Crippen LogP contribution is -2.28. The maximum absolute atomic E-state index is 12.0. The Morgan fingerprint density at radius 1 is 1.33 bits per heavy atom. The summed E-state index contributed by atoms with van der Waals surface area (Å²) < 4.78 is 0. The van der Waals surface area contributed by atoms with Gasteiger partial charge >= 0.3 is 0 Å². The first-order chi connectivity index (χ1) is 10.0. The van der Waals surface area contributed by atoms with E-state index in [0.29, 0.717) is 24.8 Å². The van der Waals surface area contributed by atoms with Crippen LogP contribution in [0.15, 0.2) is 24.3 Å². The van der Waals surface area contributed by atoms with Crippen molar-refractivity contribution < 1.29 is 9.90 Å². The molecule has 0 radical (unpaired) electrons. The molecule has 1 aliphatic rings. The monoisotopic (exact) mass is 289 g/mol. The van der Waals surface area contributed by atoms with Crippen molar-refractivity contribution in [2.45, 2.75) is 58.0 Å². The zero-order valence-electron chi connectivity index (χ0n) is 13.3. The van der Waals surface area contributed by atoms with Gasteiger partial charge in [0.25, 0.3) is 0 Å². The van der Waals surface area contributed by atoms with Gasteiger partial charge in [0.1, 0.15) is 0 Å². The SMILES string of the molecule is CCC(O)CCNC(=O)C1CC1c1ccc(C(C)C)cc1. The van der Waals surface area contributed by atoms with Crippen LogP contribution in [0.4, 0.5) is 0 Å². The summed E-state index contributed by atoms with van der Waals surface area (Å²) in [5.41, 5.74) is 2.61. The summed E-state index contributed by atoms with van der Waals surface area (Å²) in [7, 11) is 0. The molecular formula is C18H27NO2. The lowest BCUT2D eigenvalue weighted by Gasteiger charge is -2.09. The summed E-state index contributed by atoms with van der Waals surface area (Å²) in [4.78, 5) is 12.0. The Bertz CT molecular complexity index is 467. The number of aliphatic hydroxyl groups is 1. The Morgan fingerprint density at radius 2 is 2.00 bits per heavy atom.